The van der Waals surface area contributed by atoms with Crippen LogP contribution in [0.1, 0.15) is 22.2 Å². The van der Waals surface area contributed by atoms with Crippen LogP contribution in [0.15, 0.2) is 46.9 Å². The van der Waals surface area contributed by atoms with E-state index in [9.17, 15) is 14.9 Å². The van der Waals surface area contributed by atoms with Crippen LogP contribution in [-0.2, 0) is 4.84 Å². The standard InChI is InChI=1S/C13H10N2O4S/c1-9(12-3-2-8-20-12)14-19-13(16)10-4-6-11(7-5-10)15(17)18/h2-8H,1H3/b14-9+. The number of nitrogens with zero attached hydrogens (tertiary/aromatic N) is 2. The molecule has 7 heteroatoms. The van der Waals surface area contributed by atoms with E-state index in [4.69, 9.17) is 4.84 Å². The summed E-state index contributed by atoms with van der Waals surface area (Å²) < 4.78 is 0. The molecule has 0 saturated heterocycles. The lowest BCUT2D eigenvalue weighted by molar-refractivity contribution is -0.384. The Morgan fingerprint density at radius 1 is 1.30 bits per heavy atom. The van der Waals surface area contributed by atoms with Gasteiger partial charge in [-0.3, -0.25) is 10.1 Å². The van der Waals surface area contributed by atoms with Crippen LogP contribution < -0.4 is 0 Å². The van der Waals surface area contributed by atoms with Crippen molar-refractivity contribution in [2.75, 3.05) is 0 Å². The van der Waals surface area contributed by atoms with E-state index >= 15 is 0 Å². The number of benzene rings is 1. The fourth-order valence-corrected chi connectivity index (χ4v) is 2.08. The van der Waals surface area contributed by atoms with Crippen LogP contribution in [0.2, 0.25) is 0 Å². The number of nitro benzene ring substituents is 1. The highest BCUT2D eigenvalue weighted by Gasteiger charge is 2.11. The van der Waals surface area contributed by atoms with Gasteiger partial charge in [0, 0.05) is 12.1 Å². The Morgan fingerprint density at radius 2 is 2.00 bits per heavy atom. The van der Waals surface area contributed by atoms with Gasteiger partial charge in [-0.15, -0.1) is 11.3 Å². The van der Waals surface area contributed by atoms with E-state index in [2.05, 4.69) is 5.16 Å². The summed E-state index contributed by atoms with van der Waals surface area (Å²) >= 11 is 1.49. The minimum Gasteiger partial charge on any atom is -0.313 e. The molecule has 0 aliphatic carbocycles. The van der Waals surface area contributed by atoms with Crippen molar-refractivity contribution in [2.24, 2.45) is 5.16 Å². The highest BCUT2D eigenvalue weighted by molar-refractivity contribution is 7.12. The summed E-state index contributed by atoms with van der Waals surface area (Å²) in [6.45, 7) is 1.73. The summed E-state index contributed by atoms with van der Waals surface area (Å²) in [5.74, 6) is -0.657. The summed E-state index contributed by atoms with van der Waals surface area (Å²) in [4.78, 5) is 27.4. The lowest BCUT2D eigenvalue weighted by Crippen LogP contribution is -2.03. The monoisotopic (exact) mass is 290 g/mol. The van der Waals surface area contributed by atoms with Crippen molar-refractivity contribution in [3.8, 4) is 0 Å². The Bertz CT molecular complexity index is 648. The maximum atomic E-state index is 11.7. The van der Waals surface area contributed by atoms with Crippen molar-refractivity contribution >= 4 is 28.7 Å². The zero-order valence-corrected chi connectivity index (χ0v) is 11.3. The molecule has 1 aromatic heterocycles. The average molecular weight is 290 g/mol. The normalized spacial score (nSPS) is 11.2. The summed E-state index contributed by atoms with van der Waals surface area (Å²) in [5, 5.41) is 16.1. The molecule has 0 N–H and O–H groups in total. The van der Waals surface area contributed by atoms with Crippen molar-refractivity contribution in [1.82, 2.24) is 0 Å². The molecule has 6 nitrogen and oxygen atoms in total. The third-order valence-corrected chi connectivity index (χ3v) is 3.44. The Morgan fingerprint density at radius 3 is 2.55 bits per heavy atom. The van der Waals surface area contributed by atoms with E-state index in [0.29, 0.717) is 5.71 Å². The van der Waals surface area contributed by atoms with Crippen LogP contribution in [0, 0.1) is 10.1 Å². The molecule has 0 unspecified atom stereocenters. The molecule has 0 amide bonds. The molecule has 1 heterocycles. The molecule has 0 bridgehead atoms. The third kappa shape index (κ3) is 3.27. The molecule has 0 aliphatic rings. The van der Waals surface area contributed by atoms with Gasteiger partial charge in [0.25, 0.3) is 5.69 Å². The van der Waals surface area contributed by atoms with Gasteiger partial charge in [-0.2, -0.15) is 0 Å². The molecule has 0 saturated carbocycles. The van der Waals surface area contributed by atoms with Crippen molar-refractivity contribution in [3.63, 3.8) is 0 Å². The summed E-state index contributed by atoms with van der Waals surface area (Å²) in [6.07, 6.45) is 0. The summed E-state index contributed by atoms with van der Waals surface area (Å²) in [6, 6.07) is 8.88. The van der Waals surface area contributed by atoms with Crippen molar-refractivity contribution < 1.29 is 14.6 Å². The highest BCUT2D eigenvalue weighted by Crippen LogP contribution is 2.13. The van der Waals surface area contributed by atoms with Crippen molar-refractivity contribution in [2.45, 2.75) is 6.92 Å². The molecular weight excluding hydrogens is 280 g/mol. The molecule has 0 spiro atoms. The van der Waals surface area contributed by atoms with E-state index in [1.807, 2.05) is 17.5 Å². The number of oxime groups is 1. The van der Waals surface area contributed by atoms with Gasteiger partial charge >= 0.3 is 5.97 Å². The lowest BCUT2D eigenvalue weighted by Gasteiger charge is -1.99. The van der Waals surface area contributed by atoms with E-state index in [0.717, 1.165) is 4.88 Å². The largest absolute Gasteiger partial charge is 0.365 e. The van der Waals surface area contributed by atoms with E-state index in [1.54, 1.807) is 6.92 Å². The first kappa shape index (κ1) is 13.9. The van der Waals surface area contributed by atoms with Crippen LogP contribution in [0.5, 0.6) is 0 Å². The molecule has 0 atom stereocenters. The predicted octanol–water partition coefficient (Wildman–Crippen LogP) is 3.24. The van der Waals surface area contributed by atoms with Crippen LogP contribution in [0.3, 0.4) is 0 Å². The Kier molecular flexibility index (Phi) is 4.21. The maximum Gasteiger partial charge on any atom is 0.365 e. The topological polar surface area (TPSA) is 81.8 Å². The number of carbonyl (C=O) groups excluding carboxylic acids is 1. The zero-order chi connectivity index (χ0) is 14.5. The Balaban J connectivity index is 2.05. The first-order chi connectivity index (χ1) is 9.58. The molecule has 1 aromatic carbocycles. The van der Waals surface area contributed by atoms with Crippen LogP contribution in [-0.4, -0.2) is 16.6 Å². The number of nitro groups is 1. The van der Waals surface area contributed by atoms with Gasteiger partial charge in [0.05, 0.1) is 21.1 Å². The second-order valence-corrected chi connectivity index (χ2v) is 4.78. The van der Waals surface area contributed by atoms with Crippen LogP contribution in [0.25, 0.3) is 0 Å². The Hall–Kier alpha value is -2.54. The first-order valence-electron chi connectivity index (χ1n) is 5.62. The molecule has 0 aliphatic heterocycles. The van der Waals surface area contributed by atoms with E-state index < -0.39 is 10.9 Å². The fraction of sp³-hybridized carbons (Fsp3) is 0.0769. The second-order valence-electron chi connectivity index (χ2n) is 3.84. The zero-order valence-electron chi connectivity index (χ0n) is 10.5. The van der Waals surface area contributed by atoms with Gasteiger partial charge in [0.15, 0.2) is 0 Å². The molecule has 0 fully saturated rings. The van der Waals surface area contributed by atoms with Crippen LogP contribution >= 0.6 is 11.3 Å². The fourth-order valence-electron chi connectivity index (χ4n) is 1.41. The number of non-ortho nitro benzene ring substituents is 1. The number of carbonyl (C=O) groups is 1. The van der Waals surface area contributed by atoms with Gasteiger partial charge in [-0.1, -0.05) is 11.2 Å². The van der Waals surface area contributed by atoms with E-state index in [-0.39, 0.29) is 11.3 Å². The number of hydrogen-bond donors (Lipinski definition) is 0. The lowest BCUT2D eigenvalue weighted by atomic mass is 10.2. The predicted molar refractivity (Wildman–Crippen MR) is 75.0 cm³/mol. The number of rotatable bonds is 4. The quantitative estimate of drug-likeness (QED) is 0.374. The Labute approximate surface area is 118 Å². The van der Waals surface area contributed by atoms with Crippen molar-refractivity contribution in [3.05, 3.63) is 62.3 Å². The number of hydrogen-bond acceptors (Lipinski definition) is 6. The van der Waals surface area contributed by atoms with Crippen LogP contribution in [0.4, 0.5) is 5.69 Å². The average Bonchev–Trinajstić information content (AvgIpc) is 2.98. The number of thiophene rings is 1. The van der Waals surface area contributed by atoms with E-state index in [1.165, 1.54) is 35.6 Å². The van der Waals surface area contributed by atoms with Gasteiger partial charge in [0.1, 0.15) is 0 Å². The maximum absolute atomic E-state index is 11.7. The molecule has 2 aromatic rings. The molecule has 0 radical (unpaired) electrons. The summed E-state index contributed by atoms with van der Waals surface area (Å²) in [5.41, 5.74) is 0.716. The molecular formula is C13H10N2O4S. The van der Waals surface area contributed by atoms with Gasteiger partial charge in [-0.05, 0) is 30.5 Å². The minimum absolute atomic E-state index is 0.0835. The van der Waals surface area contributed by atoms with Gasteiger partial charge in [0.2, 0.25) is 0 Å². The molecule has 102 valence electrons. The van der Waals surface area contributed by atoms with Gasteiger partial charge < -0.3 is 4.84 Å². The second kappa shape index (κ2) is 6.07. The third-order valence-electron chi connectivity index (χ3n) is 2.46. The summed E-state index contributed by atoms with van der Waals surface area (Å²) in [7, 11) is 0. The minimum atomic E-state index is -0.657. The van der Waals surface area contributed by atoms with Gasteiger partial charge in [-0.25, -0.2) is 4.79 Å². The molecule has 2 rings (SSSR count). The SMILES string of the molecule is C/C(=N\OC(=O)c1ccc([N+](=O)[O-])cc1)c1cccs1. The smallest absolute Gasteiger partial charge is 0.313 e. The highest BCUT2D eigenvalue weighted by atomic mass is 32.1. The molecule has 20 heavy (non-hydrogen) atoms. The van der Waals surface area contributed by atoms with Crippen molar-refractivity contribution in [1.29, 1.82) is 0 Å². The first-order valence-corrected chi connectivity index (χ1v) is 6.50.